The summed E-state index contributed by atoms with van der Waals surface area (Å²) in [4.78, 5) is 22.3. The monoisotopic (exact) mass is 295 g/mol. The average molecular weight is 295 g/mol. The number of aromatic nitrogens is 2. The maximum Gasteiger partial charge on any atom is 0.334 e. The summed E-state index contributed by atoms with van der Waals surface area (Å²) in [6, 6.07) is 0. The number of hydrogen-bond acceptors (Lipinski definition) is 5. The first-order valence-electron chi connectivity index (χ1n) is 7.14. The molecule has 8 nitrogen and oxygen atoms in total. The third kappa shape index (κ3) is 3.50. The topological polar surface area (TPSA) is 102 Å². The van der Waals surface area contributed by atoms with Crippen LogP contribution in [0.15, 0.2) is 0 Å². The molecule has 0 aliphatic heterocycles. The first-order valence-corrected chi connectivity index (χ1v) is 7.14. The summed E-state index contributed by atoms with van der Waals surface area (Å²) in [6.07, 6.45) is 1.93. The van der Waals surface area contributed by atoms with Gasteiger partial charge in [0.25, 0.3) is 0 Å². The van der Waals surface area contributed by atoms with E-state index in [1.54, 1.807) is 7.05 Å². The highest BCUT2D eigenvalue weighted by Gasteiger charge is 2.30. The highest BCUT2D eigenvalue weighted by Crippen LogP contribution is 2.32. The smallest absolute Gasteiger partial charge is 0.334 e. The van der Waals surface area contributed by atoms with E-state index >= 15 is 0 Å². The number of amides is 1. The van der Waals surface area contributed by atoms with E-state index in [0.29, 0.717) is 24.6 Å². The van der Waals surface area contributed by atoms with Crippen LogP contribution in [0.5, 0.6) is 0 Å². The van der Waals surface area contributed by atoms with E-state index in [0.717, 1.165) is 12.8 Å². The molecule has 1 heterocycles. The molecule has 1 aliphatic rings. The second-order valence-corrected chi connectivity index (χ2v) is 5.61. The first kappa shape index (κ1) is 15.3. The van der Waals surface area contributed by atoms with Gasteiger partial charge in [0.2, 0.25) is 11.7 Å². The molecule has 116 valence electrons. The molecular formula is C13H21N5O3. The quantitative estimate of drug-likeness (QED) is 0.449. The number of carbonyl (C=O) groups excluding carboxylic acids is 1. The third-order valence-corrected chi connectivity index (χ3v) is 3.44. The molecule has 21 heavy (non-hydrogen) atoms. The SMILES string of the molecule is CC(C)c1nn(C)c(NCCNC(=O)C2CC2)c1[N+](=O)[O-]. The van der Waals surface area contributed by atoms with Crippen molar-refractivity contribution in [3.05, 3.63) is 15.8 Å². The molecule has 1 saturated carbocycles. The summed E-state index contributed by atoms with van der Waals surface area (Å²) in [5.41, 5.74) is 0.480. The number of hydrogen-bond donors (Lipinski definition) is 2. The zero-order valence-electron chi connectivity index (χ0n) is 12.5. The Morgan fingerprint density at radius 1 is 1.48 bits per heavy atom. The molecule has 0 atom stereocenters. The van der Waals surface area contributed by atoms with Gasteiger partial charge < -0.3 is 10.6 Å². The fraction of sp³-hybridized carbons (Fsp3) is 0.692. The summed E-state index contributed by atoms with van der Waals surface area (Å²) in [5.74, 6) is 0.592. The van der Waals surface area contributed by atoms with Crippen LogP contribution >= 0.6 is 0 Å². The van der Waals surface area contributed by atoms with Crippen molar-refractivity contribution >= 4 is 17.4 Å². The summed E-state index contributed by atoms with van der Waals surface area (Å²) < 4.78 is 1.48. The Bertz CT molecular complexity index is 548. The van der Waals surface area contributed by atoms with E-state index in [-0.39, 0.29) is 23.4 Å². The molecule has 2 rings (SSSR count). The molecule has 1 fully saturated rings. The van der Waals surface area contributed by atoms with Crippen LogP contribution in [-0.4, -0.2) is 33.7 Å². The minimum absolute atomic E-state index is 0.0148. The van der Waals surface area contributed by atoms with E-state index in [4.69, 9.17) is 0 Å². The molecule has 0 saturated heterocycles. The van der Waals surface area contributed by atoms with Gasteiger partial charge in [0.1, 0.15) is 5.69 Å². The molecular weight excluding hydrogens is 274 g/mol. The lowest BCUT2D eigenvalue weighted by Gasteiger charge is -2.07. The molecule has 0 spiro atoms. The van der Waals surface area contributed by atoms with Crippen molar-refractivity contribution in [3.8, 4) is 0 Å². The molecule has 1 amide bonds. The Hall–Kier alpha value is -2.12. The lowest BCUT2D eigenvalue weighted by Crippen LogP contribution is -2.30. The maximum atomic E-state index is 11.5. The predicted molar refractivity (Wildman–Crippen MR) is 78.2 cm³/mol. The minimum Gasteiger partial charge on any atom is -0.363 e. The number of anilines is 1. The fourth-order valence-electron chi connectivity index (χ4n) is 2.16. The number of rotatable bonds is 7. The van der Waals surface area contributed by atoms with Crippen LogP contribution in [0.1, 0.15) is 38.3 Å². The largest absolute Gasteiger partial charge is 0.363 e. The van der Waals surface area contributed by atoms with Crippen molar-refractivity contribution in [2.24, 2.45) is 13.0 Å². The fourth-order valence-corrected chi connectivity index (χ4v) is 2.16. The molecule has 0 aromatic carbocycles. The molecule has 1 aromatic rings. The van der Waals surface area contributed by atoms with Crippen LogP contribution in [-0.2, 0) is 11.8 Å². The molecule has 0 radical (unpaired) electrons. The molecule has 1 aliphatic carbocycles. The van der Waals surface area contributed by atoms with Crippen molar-refractivity contribution in [2.45, 2.75) is 32.6 Å². The van der Waals surface area contributed by atoms with Gasteiger partial charge in [-0.05, 0) is 12.8 Å². The summed E-state index contributed by atoms with van der Waals surface area (Å²) in [7, 11) is 1.67. The van der Waals surface area contributed by atoms with Gasteiger partial charge in [-0.1, -0.05) is 13.8 Å². The van der Waals surface area contributed by atoms with Crippen molar-refractivity contribution in [3.63, 3.8) is 0 Å². The molecule has 1 aromatic heterocycles. The Balaban J connectivity index is 1.98. The Labute approximate surface area is 123 Å². The second-order valence-electron chi connectivity index (χ2n) is 5.61. The van der Waals surface area contributed by atoms with Gasteiger partial charge in [-0.25, -0.2) is 4.68 Å². The van der Waals surface area contributed by atoms with Crippen LogP contribution in [0.3, 0.4) is 0 Å². The third-order valence-electron chi connectivity index (χ3n) is 3.44. The van der Waals surface area contributed by atoms with Crippen LogP contribution in [0.2, 0.25) is 0 Å². The lowest BCUT2D eigenvalue weighted by atomic mass is 10.1. The van der Waals surface area contributed by atoms with E-state index in [1.807, 2.05) is 13.8 Å². The van der Waals surface area contributed by atoms with Gasteiger partial charge in [-0.3, -0.25) is 14.9 Å². The molecule has 0 bridgehead atoms. The van der Waals surface area contributed by atoms with Gasteiger partial charge in [0.15, 0.2) is 0 Å². The Morgan fingerprint density at radius 2 is 2.14 bits per heavy atom. The highest BCUT2D eigenvalue weighted by molar-refractivity contribution is 5.80. The van der Waals surface area contributed by atoms with Gasteiger partial charge in [0.05, 0.1) is 4.92 Å². The minimum atomic E-state index is -0.409. The number of nitro groups is 1. The van der Waals surface area contributed by atoms with Gasteiger partial charge in [-0.15, -0.1) is 0 Å². The molecule has 8 heteroatoms. The van der Waals surface area contributed by atoms with E-state index in [9.17, 15) is 14.9 Å². The van der Waals surface area contributed by atoms with Gasteiger partial charge in [-0.2, -0.15) is 5.10 Å². The van der Waals surface area contributed by atoms with Crippen LogP contribution < -0.4 is 10.6 Å². The predicted octanol–water partition coefficient (Wildman–Crippen LogP) is 1.39. The number of nitrogens with one attached hydrogen (secondary N) is 2. The average Bonchev–Trinajstić information content (AvgIpc) is 3.19. The van der Waals surface area contributed by atoms with Crippen molar-refractivity contribution in [2.75, 3.05) is 18.4 Å². The highest BCUT2D eigenvalue weighted by atomic mass is 16.6. The Morgan fingerprint density at radius 3 is 2.67 bits per heavy atom. The van der Waals surface area contributed by atoms with E-state index < -0.39 is 4.92 Å². The van der Waals surface area contributed by atoms with Crippen molar-refractivity contribution in [1.29, 1.82) is 0 Å². The summed E-state index contributed by atoms with van der Waals surface area (Å²) in [6.45, 7) is 4.61. The Kier molecular flexibility index (Phi) is 4.44. The van der Waals surface area contributed by atoms with Gasteiger partial charge >= 0.3 is 5.69 Å². The zero-order chi connectivity index (χ0) is 15.6. The van der Waals surface area contributed by atoms with Crippen molar-refractivity contribution in [1.82, 2.24) is 15.1 Å². The van der Waals surface area contributed by atoms with Gasteiger partial charge in [0, 0.05) is 32.0 Å². The molecule has 2 N–H and O–H groups in total. The zero-order valence-corrected chi connectivity index (χ0v) is 12.5. The normalized spacial score (nSPS) is 14.3. The lowest BCUT2D eigenvalue weighted by molar-refractivity contribution is -0.384. The number of nitrogens with zero attached hydrogens (tertiary/aromatic N) is 3. The van der Waals surface area contributed by atoms with Crippen LogP contribution in [0, 0.1) is 16.0 Å². The number of aryl methyl sites for hydroxylation is 1. The van der Waals surface area contributed by atoms with E-state index in [2.05, 4.69) is 15.7 Å². The second kappa shape index (κ2) is 6.11. The summed E-state index contributed by atoms with van der Waals surface area (Å²) >= 11 is 0. The molecule has 0 unspecified atom stereocenters. The van der Waals surface area contributed by atoms with Crippen molar-refractivity contribution < 1.29 is 9.72 Å². The van der Waals surface area contributed by atoms with Crippen LogP contribution in [0.25, 0.3) is 0 Å². The first-order chi connectivity index (χ1) is 9.91. The van der Waals surface area contributed by atoms with E-state index in [1.165, 1.54) is 4.68 Å². The van der Waals surface area contributed by atoms with Crippen LogP contribution in [0.4, 0.5) is 11.5 Å². The standard InChI is InChI=1S/C13H21N5O3/c1-8(2)10-11(18(20)21)12(17(3)16-10)14-6-7-15-13(19)9-4-5-9/h8-9,14H,4-7H2,1-3H3,(H,15,19). The summed E-state index contributed by atoms with van der Waals surface area (Å²) in [5, 5.41) is 21.3. The maximum absolute atomic E-state index is 11.5. The number of carbonyl (C=O) groups is 1.